The van der Waals surface area contributed by atoms with Gasteiger partial charge < -0.3 is 4.90 Å². The van der Waals surface area contributed by atoms with Gasteiger partial charge in [-0.2, -0.15) is 0 Å². The second-order valence-electron chi connectivity index (χ2n) is 4.59. The van der Waals surface area contributed by atoms with Crippen LogP contribution in [0.15, 0.2) is 40.2 Å². The lowest BCUT2D eigenvalue weighted by atomic mass is 10.1. The first kappa shape index (κ1) is 15.2. The summed E-state index contributed by atoms with van der Waals surface area (Å²) in [6.45, 7) is 0.609. The normalized spacial score (nSPS) is 10.6. The summed E-state index contributed by atoms with van der Waals surface area (Å²) < 4.78 is 14.1. The molecule has 5 heteroatoms. The monoisotopic (exact) mass is 355 g/mol. The maximum absolute atomic E-state index is 13.0. The predicted octanol–water partition coefficient (Wildman–Crippen LogP) is 4.24. The number of benzene rings is 1. The van der Waals surface area contributed by atoms with Crippen LogP contribution in [0, 0.1) is 5.82 Å². The molecule has 0 spiro atoms. The lowest BCUT2D eigenvalue weighted by Gasteiger charge is -2.16. The van der Waals surface area contributed by atoms with Crippen LogP contribution in [0.3, 0.4) is 0 Å². The maximum atomic E-state index is 13.0. The molecule has 1 aromatic carbocycles. The van der Waals surface area contributed by atoms with Gasteiger partial charge in [-0.25, -0.2) is 4.39 Å². The summed E-state index contributed by atoms with van der Waals surface area (Å²) >= 11 is 5.03. The molecule has 1 aromatic heterocycles. The van der Waals surface area contributed by atoms with E-state index in [-0.39, 0.29) is 11.7 Å². The first-order chi connectivity index (χ1) is 9.54. The largest absolute Gasteiger partial charge is 0.341 e. The Morgan fingerprint density at radius 1 is 1.35 bits per heavy atom. The second kappa shape index (κ2) is 6.99. The van der Waals surface area contributed by atoms with Crippen molar-refractivity contribution in [3.63, 3.8) is 0 Å². The van der Waals surface area contributed by atoms with Gasteiger partial charge in [-0.1, -0.05) is 12.1 Å². The Hall–Kier alpha value is -1.20. The fraction of sp³-hybridized carbons (Fsp3) is 0.267. The zero-order valence-corrected chi connectivity index (χ0v) is 13.5. The highest BCUT2D eigenvalue weighted by Gasteiger charge is 2.10. The number of carbonyl (C=O) groups excluding carboxylic acids is 1. The van der Waals surface area contributed by atoms with E-state index in [1.54, 1.807) is 29.4 Å². The Bertz CT molecular complexity index is 599. The minimum Gasteiger partial charge on any atom is -0.341 e. The fourth-order valence-corrected chi connectivity index (χ4v) is 3.43. The Kier molecular flexibility index (Phi) is 5.31. The Morgan fingerprint density at radius 2 is 2.15 bits per heavy atom. The van der Waals surface area contributed by atoms with E-state index in [0.717, 1.165) is 14.2 Å². The van der Waals surface area contributed by atoms with Gasteiger partial charge in [-0.15, -0.1) is 11.3 Å². The maximum Gasteiger partial charge on any atom is 0.222 e. The van der Waals surface area contributed by atoms with Gasteiger partial charge in [-0.3, -0.25) is 4.79 Å². The number of aryl methyl sites for hydroxylation is 1. The van der Waals surface area contributed by atoms with E-state index < -0.39 is 0 Å². The van der Waals surface area contributed by atoms with Crippen LogP contribution in [0.25, 0.3) is 0 Å². The molecule has 0 saturated carbocycles. The van der Waals surface area contributed by atoms with E-state index in [9.17, 15) is 9.18 Å². The molecule has 0 N–H and O–H groups in total. The summed E-state index contributed by atoms with van der Waals surface area (Å²) in [5.74, 6) is -0.189. The van der Waals surface area contributed by atoms with Crippen LogP contribution in [0.2, 0.25) is 0 Å². The van der Waals surface area contributed by atoms with Crippen molar-refractivity contribution in [3.05, 3.63) is 56.4 Å². The number of thiophene rings is 1. The lowest BCUT2D eigenvalue weighted by molar-refractivity contribution is -0.130. The minimum atomic E-state index is -0.258. The Labute approximate surface area is 130 Å². The molecule has 0 aliphatic rings. The topological polar surface area (TPSA) is 20.3 Å². The minimum absolute atomic E-state index is 0.0683. The molecule has 2 aromatic rings. The van der Waals surface area contributed by atoms with Crippen molar-refractivity contribution in [1.29, 1.82) is 0 Å². The van der Waals surface area contributed by atoms with Crippen LogP contribution in [0.1, 0.15) is 16.9 Å². The average molecular weight is 356 g/mol. The number of halogens is 2. The van der Waals surface area contributed by atoms with Gasteiger partial charge in [0.2, 0.25) is 5.91 Å². The van der Waals surface area contributed by atoms with E-state index in [1.807, 2.05) is 18.2 Å². The highest BCUT2D eigenvalue weighted by Crippen LogP contribution is 2.23. The molecule has 0 fully saturated rings. The summed E-state index contributed by atoms with van der Waals surface area (Å²) in [5, 5.41) is 0. The summed E-state index contributed by atoms with van der Waals surface area (Å²) in [6.07, 6.45) is 0.960. The van der Waals surface area contributed by atoms with Gasteiger partial charge in [-0.05, 0) is 52.2 Å². The summed E-state index contributed by atoms with van der Waals surface area (Å²) in [7, 11) is 1.79. The molecule has 2 rings (SSSR count). The van der Waals surface area contributed by atoms with E-state index in [2.05, 4.69) is 15.9 Å². The van der Waals surface area contributed by atoms with Crippen LogP contribution < -0.4 is 0 Å². The lowest BCUT2D eigenvalue weighted by Crippen LogP contribution is -2.25. The molecule has 0 aliphatic heterocycles. The number of amides is 1. The molecule has 0 atom stereocenters. The van der Waals surface area contributed by atoms with Crippen LogP contribution >= 0.6 is 27.3 Å². The zero-order valence-electron chi connectivity index (χ0n) is 11.1. The van der Waals surface area contributed by atoms with Crippen LogP contribution in [0.4, 0.5) is 4.39 Å². The van der Waals surface area contributed by atoms with Crippen molar-refractivity contribution in [2.45, 2.75) is 19.4 Å². The molecule has 20 heavy (non-hydrogen) atoms. The zero-order chi connectivity index (χ0) is 14.5. The molecule has 1 heterocycles. The molecule has 1 amide bonds. The van der Waals surface area contributed by atoms with Crippen LogP contribution in [-0.2, 0) is 17.8 Å². The quantitative estimate of drug-likeness (QED) is 0.785. The molecule has 0 bridgehead atoms. The molecule has 0 unspecified atom stereocenters. The van der Waals surface area contributed by atoms with E-state index >= 15 is 0 Å². The predicted molar refractivity (Wildman–Crippen MR) is 83.2 cm³/mol. The van der Waals surface area contributed by atoms with Crippen molar-refractivity contribution in [1.82, 2.24) is 4.90 Å². The van der Waals surface area contributed by atoms with Gasteiger partial charge >= 0.3 is 0 Å². The van der Waals surface area contributed by atoms with Crippen molar-refractivity contribution in [2.24, 2.45) is 0 Å². The summed E-state index contributed by atoms with van der Waals surface area (Å²) in [5.41, 5.74) is 0.852. The van der Waals surface area contributed by atoms with Gasteiger partial charge in [0, 0.05) is 18.3 Å². The van der Waals surface area contributed by atoms with E-state index in [0.29, 0.717) is 19.4 Å². The summed E-state index contributed by atoms with van der Waals surface area (Å²) in [4.78, 5) is 14.9. The number of hydrogen-bond donors (Lipinski definition) is 0. The standard InChI is InChI=1S/C15H15BrFNOS/c1-18(10-13-6-7-14(16)20-13)15(19)8-5-11-3-2-4-12(17)9-11/h2-4,6-7,9H,5,8,10H2,1H3. The Morgan fingerprint density at radius 3 is 2.80 bits per heavy atom. The highest BCUT2D eigenvalue weighted by molar-refractivity contribution is 9.11. The molecule has 0 saturated heterocycles. The molecule has 0 radical (unpaired) electrons. The third-order valence-electron chi connectivity index (χ3n) is 2.96. The van der Waals surface area contributed by atoms with Gasteiger partial charge in [0.15, 0.2) is 0 Å². The van der Waals surface area contributed by atoms with Crippen molar-refractivity contribution >= 4 is 33.2 Å². The van der Waals surface area contributed by atoms with E-state index in [4.69, 9.17) is 0 Å². The number of rotatable bonds is 5. The number of hydrogen-bond acceptors (Lipinski definition) is 2. The third kappa shape index (κ3) is 4.42. The van der Waals surface area contributed by atoms with Gasteiger partial charge in [0.25, 0.3) is 0 Å². The van der Waals surface area contributed by atoms with E-state index in [1.165, 1.54) is 12.1 Å². The van der Waals surface area contributed by atoms with Crippen LogP contribution in [-0.4, -0.2) is 17.9 Å². The van der Waals surface area contributed by atoms with Crippen molar-refractivity contribution in [2.75, 3.05) is 7.05 Å². The molecule has 106 valence electrons. The first-order valence-corrected chi connectivity index (χ1v) is 7.88. The molecular formula is C15H15BrFNOS. The third-order valence-corrected chi connectivity index (χ3v) is 4.57. The van der Waals surface area contributed by atoms with Gasteiger partial charge in [0.1, 0.15) is 5.82 Å². The van der Waals surface area contributed by atoms with Gasteiger partial charge in [0.05, 0.1) is 10.3 Å². The smallest absolute Gasteiger partial charge is 0.222 e. The number of carbonyl (C=O) groups is 1. The highest BCUT2D eigenvalue weighted by atomic mass is 79.9. The SMILES string of the molecule is CN(Cc1ccc(Br)s1)C(=O)CCc1cccc(F)c1. The van der Waals surface area contributed by atoms with Crippen LogP contribution in [0.5, 0.6) is 0 Å². The average Bonchev–Trinajstić information content (AvgIpc) is 2.81. The number of nitrogens with zero attached hydrogens (tertiary/aromatic N) is 1. The van der Waals surface area contributed by atoms with Crippen molar-refractivity contribution < 1.29 is 9.18 Å². The Balaban J connectivity index is 1.85. The molecule has 0 aliphatic carbocycles. The molecule has 2 nitrogen and oxygen atoms in total. The first-order valence-electron chi connectivity index (χ1n) is 6.27. The fourth-order valence-electron chi connectivity index (χ4n) is 1.89. The second-order valence-corrected chi connectivity index (χ2v) is 7.13. The van der Waals surface area contributed by atoms with Crippen molar-refractivity contribution in [3.8, 4) is 0 Å². The summed E-state index contributed by atoms with van der Waals surface area (Å²) in [6, 6.07) is 10.4. The molecular weight excluding hydrogens is 341 g/mol.